The Morgan fingerprint density at radius 2 is 2.06 bits per heavy atom. The van der Waals surface area contributed by atoms with Gasteiger partial charge in [0.1, 0.15) is 0 Å². The van der Waals surface area contributed by atoms with Crippen LogP contribution >= 0.6 is 0 Å². The molecule has 0 bridgehead atoms. The molecule has 0 aromatic carbocycles. The van der Waals surface area contributed by atoms with Gasteiger partial charge in [0.25, 0.3) is 5.91 Å². The summed E-state index contributed by atoms with van der Waals surface area (Å²) in [5.74, 6) is 4.97. The van der Waals surface area contributed by atoms with E-state index >= 15 is 0 Å². The van der Waals surface area contributed by atoms with Gasteiger partial charge in [0.05, 0.1) is 13.2 Å². The molecule has 1 aliphatic heterocycles. The first-order valence-corrected chi connectivity index (χ1v) is 5.84. The highest BCUT2D eigenvalue weighted by molar-refractivity contribution is 5.93. The van der Waals surface area contributed by atoms with Crippen molar-refractivity contribution in [2.24, 2.45) is 0 Å². The highest BCUT2D eigenvalue weighted by atomic mass is 16.5. The first-order valence-electron chi connectivity index (χ1n) is 5.84. The van der Waals surface area contributed by atoms with E-state index in [2.05, 4.69) is 22.1 Å². The minimum Gasteiger partial charge on any atom is -0.379 e. The van der Waals surface area contributed by atoms with Gasteiger partial charge in [-0.2, -0.15) is 0 Å². The van der Waals surface area contributed by atoms with Gasteiger partial charge >= 0.3 is 0 Å². The van der Waals surface area contributed by atoms with E-state index in [9.17, 15) is 4.79 Å². The van der Waals surface area contributed by atoms with Crippen molar-refractivity contribution in [1.82, 2.24) is 10.2 Å². The van der Waals surface area contributed by atoms with E-state index in [-0.39, 0.29) is 5.91 Å². The third kappa shape index (κ3) is 2.75. The third-order valence-electron chi connectivity index (χ3n) is 3.25. The average molecular weight is 222 g/mol. The Balaban J connectivity index is 1.68. The van der Waals surface area contributed by atoms with Gasteiger partial charge in [-0.05, 0) is 25.7 Å². The number of nitrogens with zero attached hydrogens (tertiary/aromatic N) is 1. The molecule has 1 amide bonds. The Morgan fingerprint density at radius 3 is 2.69 bits per heavy atom. The van der Waals surface area contributed by atoms with Crippen molar-refractivity contribution in [3.8, 4) is 11.8 Å². The number of carbonyl (C=O) groups is 1. The molecule has 1 saturated heterocycles. The van der Waals surface area contributed by atoms with Crippen molar-refractivity contribution in [2.45, 2.75) is 31.8 Å². The summed E-state index contributed by atoms with van der Waals surface area (Å²) in [5, 5.41) is 2.92. The topological polar surface area (TPSA) is 41.6 Å². The number of carbonyl (C=O) groups excluding carboxylic acids is 1. The fourth-order valence-corrected chi connectivity index (χ4v) is 2.28. The Bertz CT molecular complexity index is 307. The van der Waals surface area contributed by atoms with E-state index in [0.717, 1.165) is 39.1 Å². The van der Waals surface area contributed by atoms with Crippen LogP contribution in [0, 0.1) is 11.8 Å². The second kappa shape index (κ2) is 5.33. The molecule has 2 rings (SSSR count). The largest absolute Gasteiger partial charge is 0.379 e. The zero-order valence-electron chi connectivity index (χ0n) is 9.66. The third-order valence-corrected chi connectivity index (χ3v) is 3.25. The first kappa shape index (κ1) is 11.4. The standard InChI is InChI=1S/C12H18N2O2/c1-2-3-12(15)13-10-8-11(9-10)14-4-6-16-7-5-14/h10-11H,4-9H2,1H3,(H,13,15). The number of hydrogen-bond donors (Lipinski definition) is 1. The number of ether oxygens (including phenoxy) is 1. The molecule has 4 nitrogen and oxygen atoms in total. The quantitative estimate of drug-likeness (QED) is 0.668. The highest BCUT2D eigenvalue weighted by Crippen LogP contribution is 2.26. The summed E-state index contributed by atoms with van der Waals surface area (Å²) < 4.78 is 5.31. The second-order valence-electron chi connectivity index (χ2n) is 4.32. The molecular weight excluding hydrogens is 204 g/mol. The summed E-state index contributed by atoms with van der Waals surface area (Å²) in [6.07, 6.45) is 2.11. The van der Waals surface area contributed by atoms with Crippen molar-refractivity contribution in [3.63, 3.8) is 0 Å². The Kier molecular flexibility index (Phi) is 3.81. The molecule has 1 aliphatic carbocycles. The Morgan fingerprint density at radius 1 is 1.38 bits per heavy atom. The molecule has 0 aromatic rings. The van der Waals surface area contributed by atoms with Crippen molar-refractivity contribution < 1.29 is 9.53 Å². The second-order valence-corrected chi connectivity index (χ2v) is 4.32. The van der Waals surface area contributed by atoms with Crippen molar-refractivity contribution in [1.29, 1.82) is 0 Å². The molecule has 4 heteroatoms. The van der Waals surface area contributed by atoms with Gasteiger partial charge in [0.2, 0.25) is 0 Å². The van der Waals surface area contributed by atoms with Crippen LogP contribution in [0.1, 0.15) is 19.8 Å². The van der Waals surface area contributed by atoms with E-state index in [0.29, 0.717) is 12.1 Å². The average Bonchev–Trinajstić information content (AvgIpc) is 2.24. The number of morpholine rings is 1. The van der Waals surface area contributed by atoms with Gasteiger partial charge in [-0.25, -0.2) is 0 Å². The lowest BCUT2D eigenvalue weighted by Crippen LogP contribution is -2.56. The molecule has 1 N–H and O–H groups in total. The molecular formula is C12H18N2O2. The van der Waals surface area contributed by atoms with E-state index in [1.54, 1.807) is 6.92 Å². The summed E-state index contributed by atoms with van der Waals surface area (Å²) in [7, 11) is 0. The Labute approximate surface area is 96.3 Å². The van der Waals surface area contributed by atoms with E-state index in [4.69, 9.17) is 4.74 Å². The van der Waals surface area contributed by atoms with E-state index < -0.39 is 0 Å². The van der Waals surface area contributed by atoms with E-state index in [1.807, 2.05) is 0 Å². The molecule has 0 spiro atoms. The summed E-state index contributed by atoms with van der Waals surface area (Å²) in [6.45, 7) is 5.42. The normalized spacial score (nSPS) is 29.8. The zero-order chi connectivity index (χ0) is 11.4. The SMILES string of the molecule is CC#CC(=O)NC1CC(N2CCOCC2)C1. The fraction of sp³-hybridized carbons (Fsp3) is 0.750. The maximum atomic E-state index is 11.2. The molecule has 0 aromatic heterocycles. The van der Waals surface area contributed by atoms with Crippen molar-refractivity contribution >= 4 is 5.91 Å². The van der Waals surface area contributed by atoms with Crippen LogP contribution in [-0.4, -0.2) is 49.2 Å². The molecule has 2 fully saturated rings. The lowest BCUT2D eigenvalue weighted by atomic mass is 9.85. The van der Waals surface area contributed by atoms with E-state index in [1.165, 1.54) is 0 Å². The van der Waals surface area contributed by atoms with Crippen molar-refractivity contribution in [3.05, 3.63) is 0 Å². The monoisotopic (exact) mass is 222 g/mol. The van der Waals surface area contributed by atoms with Gasteiger partial charge in [-0.15, -0.1) is 0 Å². The first-order chi connectivity index (χ1) is 7.79. The minimum atomic E-state index is -0.145. The number of nitrogens with one attached hydrogen (secondary N) is 1. The summed E-state index contributed by atoms with van der Waals surface area (Å²) >= 11 is 0. The molecule has 0 atom stereocenters. The predicted octanol–water partition coefficient (Wildman–Crippen LogP) is -0.0109. The van der Waals surface area contributed by atoms with Gasteiger partial charge in [-0.3, -0.25) is 9.69 Å². The molecule has 1 saturated carbocycles. The van der Waals surface area contributed by atoms with Gasteiger partial charge in [-0.1, -0.05) is 5.92 Å². The van der Waals surface area contributed by atoms with Gasteiger partial charge < -0.3 is 10.1 Å². The van der Waals surface area contributed by atoms with Gasteiger partial charge in [0.15, 0.2) is 0 Å². The molecule has 2 aliphatic rings. The predicted molar refractivity (Wildman–Crippen MR) is 60.8 cm³/mol. The van der Waals surface area contributed by atoms with Crippen LogP contribution in [0.4, 0.5) is 0 Å². The number of amides is 1. The van der Waals surface area contributed by atoms with Crippen LogP contribution in [0.2, 0.25) is 0 Å². The molecule has 0 unspecified atom stereocenters. The van der Waals surface area contributed by atoms with Crippen LogP contribution in [0.15, 0.2) is 0 Å². The van der Waals surface area contributed by atoms with Crippen LogP contribution in [0.3, 0.4) is 0 Å². The van der Waals surface area contributed by atoms with Crippen LogP contribution in [-0.2, 0) is 9.53 Å². The molecule has 1 heterocycles. The Hall–Kier alpha value is -1.05. The van der Waals surface area contributed by atoms with Gasteiger partial charge in [0, 0.05) is 25.2 Å². The fourth-order valence-electron chi connectivity index (χ4n) is 2.28. The number of rotatable bonds is 2. The summed E-state index contributed by atoms with van der Waals surface area (Å²) in [4.78, 5) is 13.7. The van der Waals surface area contributed by atoms with Crippen LogP contribution < -0.4 is 5.32 Å². The lowest BCUT2D eigenvalue weighted by molar-refractivity contribution is -0.117. The smallest absolute Gasteiger partial charge is 0.296 e. The van der Waals surface area contributed by atoms with Crippen molar-refractivity contribution in [2.75, 3.05) is 26.3 Å². The zero-order valence-corrected chi connectivity index (χ0v) is 9.66. The maximum absolute atomic E-state index is 11.2. The summed E-state index contributed by atoms with van der Waals surface area (Å²) in [6, 6.07) is 0.949. The minimum absolute atomic E-state index is 0.145. The van der Waals surface area contributed by atoms with Crippen LogP contribution in [0.25, 0.3) is 0 Å². The highest BCUT2D eigenvalue weighted by Gasteiger charge is 2.34. The summed E-state index contributed by atoms with van der Waals surface area (Å²) in [5.41, 5.74) is 0. The molecule has 0 radical (unpaired) electrons. The molecule has 88 valence electrons. The lowest BCUT2D eigenvalue weighted by Gasteiger charge is -2.44. The van der Waals surface area contributed by atoms with Crippen LogP contribution in [0.5, 0.6) is 0 Å². The number of hydrogen-bond acceptors (Lipinski definition) is 3. The molecule has 16 heavy (non-hydrogen) atoms. The maximum Gasteiger partial charge on any atom is 0.296 e.